The Morgan fingerprint density at radius 1 is 1.21 bits per heavy atom. The fraction of sp³-hybridized carbons (Fsp3) is 0.250. The molecule has 0 saturated carbocycles. The zero-order valence-corrected chi connectivity index (χ0v) is 16.6. The molecule has 0 spiro atoms. The van der Waals surface area contributed by atoms with Crippen molar-refractivity contribution in [3.05, 3.63) is 59.9 Å². The van der Waals surface area contributed by atoms with Crippen molar-refractivity contribution in [2.45, 2.75) is 4.90 Å². The van der Waals surface area contributed by atoms with E-state index < -0.39 is 21.7 Å². The van der Waals surface area contributed by atoms with Crippen molar-refractivity contribution in [1.82, 2.24) is 4.31 Å². The highest BCUT2D eigenvalue weighted by Crippen LogP contribution is 2.29. The van der Waals surface area contributed by atoms with E-state index in [1.807, 2.05) is 0 Å². The first-order valence-corrected chi connectivity index (χ1v) is 10.4. The Hall–Kier alpha value is -2.75. The largest absolute Gasteiger partial charge is 0.495 e. The first-order chi connectivity index (χ1) is 13.9. The monoisotopic (exact) mass is 420 g/mol. The molecule has 3 rings (SSSR count). The van der Waals surface area contributed by atoms with Crippen molar-refractivity contribution < 1.29 is 27.1 Å². The summed E-state index contributed by atoms with van der Waals surface area (Å²) in [5.41, 5.74) is 0.550. The average molecular weight is 420 g/mol. The van der Waals surface area contributed by atoms with E-state index in [1.165, 1.54) is 53.9 Å². The van der Waals surface area contributed by atoms with Crippen LogP contribution >= 0.6 is 0 Å². The molecule has 9 heteroatoms. The molecule has 154 valence electrons. The first kappa shape index (κ1) is 21.0. The molecule has 1 saturated heterocycles. The number of sulfonamides is 1. The molecule has 0 atom stereocenters. The molecule has 1 heterocycles. The number of morpholine rings is 1. The number of nitrogens with one attached hydrogen (secondary N) is 1. The third kappa shape index (κ3) is 5.00. The van der Waals surface area contributed by atoms with E-state index in [0.717, 1.165) is 0 Å². The number of anilines is 1. The quantitative estimate of drug-likeness (QED) is 0.726. The molecular weight excluding hydrogens is 399 g/mol. The standard InChI is InChI=1S/C20H21FN2O5S/c1-27-18-8-6-15(7-9-20(24)22-17-5-3-2-4-16(17)21)14-19(18)29(25,26)23-10-12-28-13-11-23/h2-9,14H,10-13H2,1H3,(H,22,24)/b9-7+. The Bertz CT molecular complexity index is 1020. The molecule has 0 aliphatic carbocycles. The number of amides is 1. The van der Waals surface area contributed by atoms with E-state index in [4.69, 9.17) is 9.47 Å². The lowest BCUT2D eigenvalue weighted by atomic mass is 10.2. The summed E-state index contributed by atoms with van der Waals surface area (Å²) in [5, 5.41) is 2.43. The Balaban J connectivity index is 1.82. The van der Waals surface area contributed by atoms with Crippen LogP contribution in [0.5, 0.6) is 5.75 Å². The van der Waals surface area contributed by atoms with E-state index in [2.05, 4.69) is 5.32 Å². The van der Waals surface area contributed by atoms with Gasteiger partial charge in [0, 0.05) is 19.2 Å². The second-order valence-corrected chi connectivity index (χ2v) is 8.14. The van der Waals surface area contributed by atoms with Gasteiger partial charge in [-0.2, -0.15) is 4.31 Å². The van der Waals surface area contributed by atoms with Crippen LogP contribution in [0.15, 0.2) is 53.4 Å². The lowest BCUT2D eigenvalue weighted by Crippen LogP contribution is -2.40. The molecule has 0 radical (unpaired) electrons. The Labute approximate surface area is 168 Å². The Morgan fingerprint density at radius 3 is 2.62 bits per heavy atom. The summed E-state index contributed by atoms with van der Waals surface area (Å²) in [6.45, 7) is 1.18. The Morgan fingerprint density at radius 2 is 1.93 bits per heavy atom. The molecule has 1 aliphatic rings. The van der Waals surface area contributed by atoms with Gasteiger partial charge in [0.05, 0.1) is 26.0 Å². The first-order valence-electron chi connectivity index (χ1n) is 8.91. The highest BCUT2D eigenvalue weighted by atomic mass is 32.2. The van der Waals surface area contributed by atoms with Crippen LogP contribution in [-0.2, 0) is 19.6 Å². The van der Waals surface area contributed by atoms with E-state index in [1.54, 1.807) is 12.1 Å². The van der Waals surface area contributed by atoms with Crippen LogP contribution in [0.25, 0.3) is 6.08 Å². The van der Waals surface area contributed by atoms with Crippen LogP contribution in [0, 0.1) is 5.82 Å². The van der Waals surface area contributed by atoms with Crippen molar-refractivity contribution in [3.8, 4) is 5.75 Å². The number of carbonyl (C=O) groups excluding carboxylic acids is 1. The minimum atomic E-state index is -3.78. The predicted octanol–water partition coefficient (Wildman–Crippen LogP) is 2.51. The number of para-hydroxylation sites is 1. The minimum Gasteiger partial charge on any atom is -0.495 e. The van der Waals surface area contributed by atoms with Gasteiger partial charge in [0.15, 0.2) is 0 Å². The van der Waals surface area contributed by atoms with E-state index in [9.17, 15) is 17.6 Å². The lowest BCUT2D eigenvalue weighted by molar-refractivity contribution is -0.111. The van der Waals surface area contributed by atoms with Gasteiger partial charge >= 0.3 is 0 Å². The fourth-order valence-corrected chi connectivity index (χ4v) is 4.43. The molecule has 1 N–H and O–H groups in total. The summed E-state index contributed by atoms with van der Waals surface area (Å²) in [7, 11) is -2.38. The van der Waals surface area contributed by atoms with Crippen molar-refractivity contribution >= 4 is 27.7 Å². The number of hydrogen-bond donors (Lipinski definition) is 1. The molecule has 1 amide bonds. The summed E-state index contributed by atoms with van der Waals surface area (Å²) in [6, 6.07) is 10.4. The van der Waals surface area contributed by atoms with E-state index >= 15 is 0 Å². The van der Waals surface area contributed by atoms with Gasteiger partial charge in [-0.15, -0.1) is 0 Å². The molecule has 1 aliphatic heterocycles. The van der Waals surface area contributed by atoms with Gasteiger partial charge < -0.3 is 14.8 Å². The number of halogens is 1. The third-order valence-corrected chi connectivity index (χ3v) is 6.25. The zero-order chi connectivity index (χ0) is 20.9. The molecule has 0 unspecified atom stereocenters. The van der Waals surface area contributed by atoms with Crippen LogP contribution in [0.2, 0.25) is 0 Å². The van der Waals surface area contributed by atoms with Crippen molar-refractivity contribution in [3.63, 3.8) is 0 Å². The topological polar surface area (TPSA) is 84.9 Å². The highest BCUT2D eigenvalue weighted by Gasteiger charge is 2.29. The van der Waals surface area contributed by atoms with E-state index in [0.29, 0.717) is 18.8 Å². The lowest BCUT2D eigenvalue weighted by Gasteiger charge is -2.26. The summed E-state index contributed by atoms with van der Waals surface area (Å²) in [6.07, 6.45) is 2.66. The van der Waals surface area contributed by atoms with Gasteiger partial charge in [0.1, 0.15) is 16.5 Å². The smallest absolute Gasteiger partial charge is 0.248 e. The number of hydrogen-bond acceptors (Lipinski definition) is 5. The van der Waals surface area contributed by atoms with Crippen molar-refractivity contribution in [1.29, 1.82) is 0 Å². The average Bonchev–Trinajstić information content (AvgIpc) is 2.74. The van der Waals surface area contributed by atoms with Gasteiger partial charge in [-0.1, -0.05) is 18.2 Å². The second kappa shape index (κ2) is 9.17. The van der Waals surface area contributed by atoms with Crippen LogP contribution in [-0.4, -0.2) is 52.0 Å². The number of benzene rings is 2. The van der Waals surface area contributed by atoms with Crippen LogP contribution in [0.1, 0.15) is 5.56 Å². The van der Waals surface area contributed by atoms with Crippen LogP contribution in [0.4, 0.5) is 10.1 Å². The normalized spacial score (nSPS) is 15.4. The number of carbonyl (C=O) groups is 1. The maximum Gasteiger partial charge on any atom is 0.248 e. The summed E-state index contributed by atoms with van der Waals surface area (Å²) < 4.78 is 51.4. The molecule has 29 heavy (non-hydrogen) atoms. The molecule has 7 nitrogen and oxygen atoms in total. The fourth-order valence-electron chi connectivity index (χ4n) is 2.83. The highest BCUT2D eigenvalue weighted by molar-refractivity contribution is 7.89. The van der Waals surface area contributed by atoms with Gasteiger partial charge in [0.25, 0.3) is 0 Å². The summed E-state index contributed by atoms with van der Waals surface area (Å²) in [4.78, 5) is 12.1. The number of rotatable bonds is 6. The minimum absolute atomic E-state index is 0.0126. The van der Waals surface area contributed by atoms with Gasteiger partial charge in [0.2, 0.25) is 15.9 Å². The molecule has 0 bridgehead atoms. The van der Waals surface area contributed by atoms with Gasteiger partial charge in [-0.25, -0.2) is 12.8 Å². The predicted molar refractivity (Wildman–Crippen MR) is 107 cm³/mol. The molecular formula is C20H21FN2O5S. The number of methoxy groups -OCH3 is 1. The van der Waals surface area contributed by atoms with Gasteiger partial charge in [-0.05, 0) is 35.9 Å². The van der Waals surface area contributed by atoms with Crippen LogP contribution in [0.3, 0.4) is 0 Å². The summed E-state index contributed by atoms with van der Waals surface area (Å²) in [5.74, 6) is -0.870. The Kier molecular flexibility index (Phi) is 6.63. The molecule has 2 aromatic carbocycles. The second-order valence-electron chi connectivity index (χ2n) is 6.23. The van der Waals surface area contributed by atoms with Crippen LogP contribution < -0.4 is 10.1 Å². The van der Waals surface area contributed by atoms with Crippen molar-refractivity contribution in [2.24, 2.45) is 0 Å². The summed E-state index contributed by atoms with van der Waals surface area (Å²) >= 11 is 0. The maximum absolute atomic E-state index is 13.6. The van der Waals surface area contributed by atoms with E-state index in [-0.39, 0.29) is 29.4 Å². The zero-order valence-electron chi connectivity index (χ0n) is 15.8. The van der Waals surface area contributed by atoms with Gasteiger partial charge in [-0.3, -0.25) is 4.79 Å². The van der Waals surface area contributed by atoms with Crippen molar-refractivity contribution in [2.75, 3.05) is 38.7 Å². The number of ether oxygens (including phenoxy) is 2. The maximum atomic E-state index is 13.6. The molecule has 2 aromatic rings. The third-order valence-electron chi connectivity index (χ3n) is 4.33. The molecule has 0 aromatic heterocycles. The number of nitrogens with zero attached hydrogens (tertiary/aromatic N) is 1. The molecule has 1 fully saturated rings. The SMILES string of the molecule is COc1ccc(/C=C/C(=O)Nc2ccccc2F)cc1S(=O)(=O)N1CCOCC1.